The van der Waals surface area contributed by atoms with E-state index in [1.165, 1.54) is 5.56 Å². The van der Waals surface area contributed by atoms with Crippen LogP contribution >= 0.6 is 0 Å². The summed E-state index contributed by atoms with van der Waals surface area (Å²) in [5.74, 6) is 0.175. The summed E-state index contributed by atoms with van der Waals surface area (Å²) in [4.78, 5) is 17.6. The monoisotopic (exact) mass is 394 g/mol. The van der Waals surface area contributed by atoms with E-state index in [0.717, 1.165) is 44.6 Å². The highest BCUT2D eigenvalue weighted by molar-refractivity contribution is 5.94. The van der Waals surface area contributed by atoms with Gasteiger partial charge in [0.15, 0.2) is 0 Å². The van der Waals surface area contributed by atoms with E-state index in [9.17, 15) is 4.79 Å². The van der Waals surface area contributed by atoms with Gasteiger partial charge in [-0.2, -0.15) is 0 Å². The number of para-hydroxylation sites is 1. The van der Waals surface area contributed by atoms with Crippen LogP contribution in [0.4, 0.5) is 5.69 Å². The lowest BCUT2D eigenvalue weighted by Gasteiger charge is -2.48. The molecule has 1 amide bonds. The number of likely N-dealkylation sites (tertiary alicyclic amines) is 1. The summed E-state index contributed by atoms with van der Waals surface area (Å²) in [5.41, 5.74) is 2.09. The highest BCUT2D eigenvalue weighted by atomic mass is 16.5. The Balaban J connectivity index is 1.74. The third-order valence-electron chi connectivity index (χ3n) is 5.96. The molecule has 1 saturated heterocycles. The molecule has 1 aliphatic heterocycles. The van der Waals surface area contributed by atoms with Crippen molar-refractivity contribution in [1.29, 1.82) is 0 Å². The summed E-state index contributed by atoms with van der Waals surface area (Å²) in [7, 11) is 0. The van der Waals surface area contributed by atoms with Crippen molar-refractivity contribution in [1.82, 2.24) is 4.90 Å². The van der Waals surface area contributed by atoms with Crippen LogP contribution in [0.15, 0.2) is 60.7 Å². The van der Waals surface area contributed by atoms with Gasteiger partial charge < -0.3 is 14.5 Å². The summed E-state index contributed by atoms with van der Waals surface area (Å²) >= 11 is 0. The molecule has 4 heteroatoms. The molecule has 1 fully saturated rings. The fourth-order valence-corrected chi connectivity index (χ4v) is 4.27. The van der Waals surface area contributed by atoms with E-state index < -0.39 is 0 Å². The zero-order valence-corrected chi connectivity index (χ0v) is 17.8. The van der Waals surface area contributed by atoms with Crippen LogP contribution in [0.3, 0.4) is 0 Å². The number of hydrogen-bond donors (Lipinski definition) is 0. The van der Waals surface area contributed by atoms with Crippen molar-refractivity contribution in [3.05, 3.63) is 66.2 Å². The Morgan fingerprint density at radius 1 is 1.00 bits per heavy atom. The van der Waals surface area contributed by atoms with Gasteiger partial charge in [0.2, 0.25) is 5.91 Å². The summed E-state index contributed by atoms with van der Waals surface area (Å²) in [5, 5.41) is 0. The first-order valence-electron chi connectivity index (χ1n) is 10.9. The maximum atomic E-state index is 13.0. The van der Waals surface area contributed by atoms with Gasteiger partial charge in [-0.1, -0.05) is 55.5 Å². The molecule has 29 heavy (non-hydrogen) atoms. The van der Waals surface area contributed by atoms with E-state index in [2.05, 4.69) is 35.2 Å². The van der Waals surface area contributed by atoms with Crippen molar-refractivity contribution >= 4 is 11.6 Å². The Bertz CT molecular complexity index is 740. The Morgan fingerprint density at radius 3 is 2.21 bits per heavy atom. The van der Waals surface area contributed by atoms with E-state index in [0.29, 0.717) is 19.6 Å². The van der Waals surface area contributed by atoms with Crippen LogP contribution in [0.1, 0.15) is 38.7 Å². The van der Waals surface area contributed by atoms with Gasteiger partial charge in [-0.05, 0) is 43.9 Å². The van der Waals surface area contributed by atoms with Crippen LogP contribution in [0.2, 0.25) is 0 Å². The SMILES string of the molecule is CCOCC1(N(C(=O)CC)c2ccccc2)CCN(CCc2ccccc2)CC1. The van der Waals surface area contributed by atoms with Crippen molar-refractivity contribution < 1.29 is 9.53 Å². The molecule has 0 N–H and O–H groups in total. The molecule has 2 aromatic rings. The molecule has 0 aliphatic carbocycles. The van der Waals surface area contributed by atoms with Crippen LogP contribution in [0.5, 0.6) is 0 Å². The number of carbonyl (C=O) groups excluding carboxylic acids is 1. The summed E-state index contributed by atoms with van der Waals surface area (Å²) < 4.78 is 5.93. The highest BCUT2D eigenvalue weighted by Crippen LogP contribution is 2.34. The van der Waals surface area contributed by atoms with E-state index in [1.54, 1.807) is 0 Å². The quantitative estimate of drug-likeness (QED) is 0.626. The number of piperidine rings is 1. The van der Waals surface area contributed by atoms with Crippen molar-refractivity contribution in [2.75, 3.05) is 37.7 Å². The van der Waals surface area contributed by atoms with Crippen LogP contribution in [0.25, 0.3) is 0 Å². The highest BCUT2D eigenvalue weighted by Gasteiger charge is 2.42. The third-order valence-corrected chi connectivity index (χ3v) is 5.96. The van der Waals surface area contributed by atoms with E-state index in [1.807, 2.05) is 49.1 Å². The molecule has 0 radical (unpaired) electrons. The molecule has 0 atom stereocenters. The number of hydrogen-bond acceptors (Lipinski definition) is 3. The number of rotatable bonds is 9. The first-order valence-corrected chi connectivity index (χ1v) is 10.9. The maximum absolute atomic E-state index is 13.0. The molecule has 3 rings (SSSR count). The predicted molar refractivity (Wildman–Crippen MR) is 119 cm³/mol. The summed E-state index contributed by atoms with van der Waals surface area (Å²) in [6, 6.07) is 20.8. The second-order valence-electron chi connectivity index (χ2n) is 7.86. The Kier molecular flexibility index (Phi) is 7.84. The van der Waals surface area contributed by atoms with Gasteiger partial charge in [-0.25, -0.2) is 0 Å². The molecule has 0 saturated carbocycles. The fraction of sp³-hybridized carbons (Fsp3) is 0.480. The number of benzene rings is 2. The summed E-state index contributed by atoms with van der Waals surface area (Å²) in [6.07, 6.45) is 3.43. The number of ether oxygens (including phenoxy) is 1. The molecule has 156 valence electrons. The lowest BCUT2D eigenvalue weighted by atomic mass is 9.85. The molecule has 0 bridgehead atoms. The average molecular weight is 395 g/mol. The second-order valence-corrected chi connectivity index (χ2v) is 7.86. The number of anilines is 1. The average Bonchev–Trinajstić information content (AvgIpc) is 2.79. The molecule has 1 heterocycles. The van der Waals surface area contributed by atoms with Crippen molar-refractivity contribution in [2.24, 2.45) is 0 Å². The van der Waals surface area contributed by atoms with Crippen LogP contribution in [0, 0.1) is 0 Å². The number of carbonyl (C=O) groups is 1. The van der Waals surface area contributed by atoms with Gasteiger partial charge in [0, 0.05) is 38.3 Å². The standard InChI is InChI=1S/C25H34N2O2/c1-3-24(28)27(23-13-9-6-10-14-23)25(21-29-4-2)16-19-26(20-17-25)18-15-22-11-7-5-8-12-22/h5-14H,3-4,15-21H2,1-2H3. The third kappa shape index (κ3) is 5.46. The van der Waals surface area contributed by atoms with Crippen LogP contribution in [-0.4, -0.2) is 49.2 Å². The molecule has 2 aromatic carbocycles. The van der Waals surface area contributed by atoms with Crippen molar-refractivity contribution in [3.63, 3.8) is 0 Å². The minimum Gasteiger partial charge on any atom is -0.379 e. The molecule has 0 spiro atoms. The maximum Gasteiger partial charge on any atom is 0.227 e. The smallest absolute Gasteiger partial charge is 0.227 e. The molecule has 0 unspecified atom stereocenters. The first-order chi connectivity index (χ1) is 14.2. The van der Waals surface area contributed by atoms with Gasteiger partial charge in [0.1, 0.15) is 0 Å². The van der Waals surface area contributed by atoms with Crippen molar-refractivity contribution in [3.8, 4) is 0 Å². The topological polar surface area (TPSA) is 32.8 Å². The van der Waals surface area contributed by atoms with Crippen LogP contribution in [-0.2, 0) is 16.0 Å². The molecule has 0 aromatic heterocycles. The van der Waals surface area contributed by atoms with Gasteiger partial charge in [0.05, 0.1) is 12.1 Å². The Hall–Kier alpha value is -2.17. The van der Waals surface area contributed by atoms with Gasteiger partial charge >= 0.3 is 0 Å². The van der Waals surface area contributed by atoms with Gasteiger partial charge in [0.25, 0.3) is 0 Å². The second kappa shape index (κ2) is 10.6. The minimum absolute atomic E-state index is 0.175. The Labute approximate surface area is 175 Å². The van der Waals surface area contributed by atoms with E-state index >= 15 is 0 Å². The van der Waals surface area contributed by atoms with E-state index in [-0.39, 0.29) is 11.4 Å². The summed E-state index contributed by atoms with van der Waals surface area (Å²) in [6.45, 7) is 8.26. The largest absolute Gasteiger partial charge is 0.379 e. The van der Waals surface area contributed by atoms with Crippen LogP contribution < -0.4 is 4.90 Å². The zero-order chi connectivity index (χ0) is 20.5. The molecule has 4 nitrogen and oxygen atoms in total. The zero-order valence-electron chi connectivity index (χ0n) is 17.8. The van der Waals surface area contributed by atoms with Gasteiger partial charge in [-0.15, -0.1) is 0 Å². The van der Waals surface area contributed by atoms with Crippen molar-refractivity contribution in [2.45, 2.75) is 45.1 Å². The number of nitrogens with zero attached hydrogens (tertiary/aromatic N) is 2. The normalized spacial score (nSPS) is 16.5. The number of amides is 1. The first kappa shape index (κ1) is 21.5. The minimum atomic E-state index is -0.270. The lowest BCUT2D eigenvalue weighted by molar-refractivity contribution is -0.120. The lowest BCUT2D eigenvalue weighted by Crippen LogP contribution is -2.60. The molecule has 1 aliphatic rings. The predicted octanol–water partition coefficient (Wildman–Crippen LogP) is 4.54. The molecular formula is C25H34N2O2. The van der Waals surface area contributed by atoms with E-state index in [4.69, 9.17) is 4.74 Å². The fourth-order valence-electron chi connectivity index (χ4n) is 4.27. The molecular weight excluding hydrogens is 360 g/mol. The Morgan fingerprint density at radius 2 is 1.62 bits per heavy atom. The van der Waals surface area contributed by atoms with Gasteiger partial charge in [-0.3, -0.25) is 4.79 Å².